The molecule has 0 spiro atoms. The van der Waals surface area contributed by atoms with E-state index < -0.39 is 0 Å². The number of benzene rings is 3. The van der Waals surface area contributed by atoms with Crippen LogP contribution >= 0.6 is 11.3 Å². The third-order valence-electron chi connectivity index (χ3n) is 6.53. The molecule has 0 unspecified atom stereocenters. The summed E-state index contributed by atoms with van der Waals surface area (Å²) < 4.78 is 8.15. The zero-order valence-corrected chi connectivity index (χ0v) is 20.0. The van der Waals surface area contributed by atoms with E-state index in [1.54, 1.807) is 6.08 Å². The van der Waals surface area contributed by atoms with Crippen molar-refractivity contribution in [1.82, 2.24) is 4.57 Å². The third kappa shape index (κ3) is 3.88. The van der Waals surface area contributed by atoms with Gasteiger partial charge in [0.2, 0.25) is 0 Å². The Hall–Kier alpha value is -3.96. The first-order valence-corrected chi connectivity index (χ1v) is 12.6. The second-order valence-corrected chi connectivity index (χ2v) is 9.70. The van der Waals surface area contributed by atoms with Crippen molar-refractivity contribution in [3.63, 3.8) is 0 Å². The van der Waals surface area contributed by atoms with E-state index in [0.29, 0.717) is 11.1 Å². The van der Waals surface area contributed by atoms with Gasteiger partial charge in [-0.3, -0.25) is 9.36 Å². The molecule has 3 aromatic carbocycles. The fraction of sp³-hybridized carbons (Fsp3) is 0.133. The number of aryl methyl sites for hydroxylation is 1. The Morgan fingerprint density at radius 3 is 2.57 bits per heavy atom. The highest BCUT2D eigenvalue weighted by molar-refractivity contribution is 7.07. The van der Waals surface area contributed by atoms with E-state index >= 15 is 0 Å². The molecule has 35 heavy (non-hydrogen) atoms. The monoisotopic (exact) mass is 476 g/mol. The van der Waals surface area contributed by atoms with Crippen molar-refractivity contribution in [2.45, 2.75) is 18.9 Å². The second-order valence-electron chi connectivity index (χ2n) is 8.69. The zero-order chi connectivity index (χ0) is 23.8. The highest BCUT2D eigenvalue weighted by Crippen LogP contribution is 2.41. The molecular formula is C30H24N2O2S. The molecule has 4 aromatic rings. The number of hydrogen-bond acceptors (Lipinski definition) is 4. The van der Waals surface area contributed by atoms with Gasteiger partial charge in [0.15, 0.2) is 4.80 Å². The molecule has 4 nitrogen and oxygen atoms in total. The molecule has 0 radical (unpaired) electrons. The first-order chi connectivity index (χ1) is 17.2. The topological polar surface area (TPSA) is 43.6 Å². The van der Waals surface area contributed by atoms with Gasteiger partial charge in [0, 0.05) is 5.56 Å². The summed E-state index contributed by atoms with van der Waals surface area (Å²) in [5, 5.41) is 0. The van der Waals surface area contributed by atoms with Crippen molar-refractivity contribution in [2.24, 2.45) is 4.99 Å². The number of ether oxygens (including phenoxy) is 1. The van der Waals surface area contributed by atoms with Crippen LogP contribution in [-0.4, -0.2) is 11.2 Å². The molecule has 5 heteroatoms. The smallest absolute Gasteiger partial charge is 0.271 e. The Morgan fingerprint density at radius 2 is 1.77 bits per heavy atom. The Morgan fingerprint density at radius 1 is 1.00 bits per heavy atom. The number of allylic oxidation sites excluding steroid dienone is 1. The van der Waals surface area contributed by atoms with E-state index in [1.807, 2.05) is 53.1 Å². The van der Waals surface area contributed by atoms with Gasteiger partial charge in [-0.25, -0.2) is 4.99 Å². The molecule has 0 amide bonds. The van der Waals surface area contributed by atoms with E-state index in [0.717, 1.165) is 40.2 Å². The lowest BCUT2D eigenvalue weighted by molar-refractivity contribution is 0.363. The predicted molar refractivity (Wildman–Crippen MR) is 141 cm³/mol. The van der Waals surface area contributed by atoms with Gasteiger partial charge in [0.25, 0.3) is 5.56 Å². The maximum Gasteiger partial charge on any atom is 0.271 e. The largest absolute Gasteiger partial charge is 0.490 e. The summed E-state index contributed by atoms with van der Waals surface area (Å²) in [7, 11) is 0. The molecule has 0 bridgehead atoms. The molecule has 0 N–H and O–H groups in total. The van der Waals surface area contributed by atoms with Crippen LogP contribution in [0.3, 0.4) is 0 Å². The van der Waals surface area contributed by atoms with Gasteiger partial charge in [-0.05, 0) is 53.3 Å². The van der Waals surface area contributed by atoms with E-state index in [4.69, 9.17) is 9.73 Å². The normalized spacial score (nSPS) is 16.7. The fourth-order valence-electron chi connectivity index (χ4n) is 4.92. The summed E-state index contributed by atoms with van der Waals surface area (Å²) in [6.45, 7) is 4.14. The minimum atomic E-state index is -0.146. The molecule has 1 atom stereocenters. The van der Waals surface area contributed by atoms with Crippen LogP contribution in [0, 0.1) is 0 Å². The van der Waals surface area contributed by atoms with Crippen molar-refractivity contribution in [3.8, 4) is 5.75 Å². The summed E-state index contributed by atoms with van der Waals surface area (Å²) in [5.41, 5.74) is 6.81. The molecule has 0 fully saturated rings. The SMILES string of the molecule is C=CCOc1ccc(/C=c2\sc3n(c2=O)[C@@H](c2ccccc2)C2=C(N=3)c3ccccc3CC2)cc1. The minimum absolute atomic E-state index is 0.00000410. The predicted octanol–water partition coefficient (Wildman–Crippen LogP) is 4.88. The van der Waals surface area contributed by atoms with Gasteiger partial charge in [0.05, 0.1) is 16.3 Å². The van der Waals surface area contributed by atoms with Gasteiger partial charge in [-0.2, -0.15) is 0 Å². The van der Waals surface area contributed by atoms with E-state index in [9.17, 15) is 4.79 Å². The molecule has 2 aliphatic rings. The average Bonchev–Trinajstić information content (AvgIpc) is 3.21. The average molecular weight is 477 g/mol. The molecule has 1 aromatic heterocycles. The molecular weight excluding hydrogens is 452 g/mol. The number of thiazole rings is 1. The fourth-order valence-corrected chi connectivity index (χ4v) is 5.93. The molecule has 1 aliphatic carbocycles. The number of rotatable bonds is 5. The van der Waals surface area contributed by atoms with Crippen molar-refractivity contribution >= 4 is 23.1 Å². The number of aromatic nitrogens is 1. The first-order valence-electron chi connectivity index (χ1n) is 11.7. The highest BCUT2D eigenvalue weighted by atomic mass is 32.1. The maximum atomic E-state index is 13.8. The summed E-state index contributed by atoms with van der Waals surface area (Å²) >= 11 is 1.45. The van der Waals surface area contributed by atoms with Crippen LogP contribution in [0.2, 0.25) is 0 Å². The van der Waals surface area contributed by atoms with E-state index in [1.165, 1.54) is 28.0 Å². The van der Waals surface area contributed by atoms with Crippen LogP contribution < -0.4 is 19.6 Å². The molecule has 172 valence electrons. The van der Waals surface area contributed by atoms with Gasteiger partial charge >= 0.3 is 0 Å². The van der Waals surface area contributed by atoms with Crippen LogP contribution in [0.5, 0.6) is 5.75 Å². The quantitative estimate of drug-likeness (QED) is 0.385. The van der Waals surface area contributed by atoms with Crippen molar-refractivity contribution in [3.05, 3.63) is 139 Å². The van der Waals surface area contributed by atoms with Crippen molar-refractivity contribution in [1.29, 1.82) is 0 Å². The maximum absolute atomic E-state index is 13.8. The summed E-state index contributed by atoms with van der Waals surface area (Å²) in [4.78, 5) is 19.6. The Labute approximate surface area is 207 Å². The number of nitrogens with zero attached hydrogens (tertiary/aromatic N) is 2. The van der Waals surface area contributed by atoms with Gasteiger partial charge < -0.3 is 4.74 Å². The highest BCUT2D eigenvalue weighted by Gasteiger charge is 2.32. The number of hydrogen-bond donors (Lipinski definition) is 0. The van der Waals surface area contributed by atoms with Crippen LogP contribution in [0.15, 0.2) is 107 Å². The molecule has 2 heterocycles. The lowest BCUT2D eigenvalue weighted by atomic mass is 9.83. The standard InChI is InChI=1S/C30H24N2O2S/c1-2-18-34-23-15-12-20(13-16-23)19-26-29(33)32-28(22-9-4-3-5-10-22)25-17-14-21-8-6-7-11-24(21)27(25)31-30(32)35-26/h2-13,15-16,19,28H,1,14,17-18H2/b26-19-/t28-/m0/s1. The molecule has 1 aliphatic heterocycles. The van der Waals surface area contributed by atoms with Gasteiger partial charge in [-0.1, -0.05) is 90.7 Å². The Balaban J connectivity index is 1.52. The molecule has 0 saturated carbocycles. The van der Waals surface area contributed by atoms with E-state index in [-0.39, 0.29) is 11.6 Å². The minimum Gasteiger partial charge on any atom is -0.490 e. The van der Waals surface area contributed by atoms with Crippen LogP contribution in [0.1, 0.15) is 34.7 Å². The van der Waals surface area contributed by atoms with Crippen LogP contribution in [0.4, 0.5) is 0 Å². The lowest BCUT2D eigenvalue weighted by Gasteiger charge is -2.30. The Kier molecular flexibility index (Phi) is 5.55. The van der Waals surface area contributed by atoms with Gasteiger partial charge in [0.1, 0.15) is 12.4 Å². The summed E-state index contributed by atoms with van der Waals surface area (Å²) in [5.74, 6) is 0.777. The molecule has 6 rings (SSSR count). The summed E-state index contributed by atoms with van der Waals surface area (Å²) in [6.07, 6.45) is 5.51. The van der Waals surface area contributed by atoms with Crippen molar-refractivity contribution < 1.29 is 4.74 Å². The van der Waals surface area contributed by atoms with Crippen molar-refractivity contribution in [2.75, 3.05) is 6.61 Å². The lowest BCUT2D eigenvalue weighted by Crippen LogP contribution is -2.38. The Bertz CT molecular complexity index is 1630. The third-order valence-corrected chi connectivity index (χ3v) is 7.52. The van der Waals surface area contributed by atoms with Crippen LogP contribution in [-0.2, 0) is 6.42 Å². The zero-order valence-electron chi connectivity index (χ0n) is 19.2. The second kappa shape index (κ2) is 9.01. The van der Waals surface area contributed by atoms with E-state index in [2.05, 4.69) is 43.0 Å². The first kappa shape index (κ1) is 21.6. The van der Waals surface area contributed by atoms with Gasteiger partial charge in [-0.15, -0.1) is 0 Å². The molecule has 0 saturated heterocycles. The number of fused-ring (bicyclic) bond motifs is 3. The summed E-state index contributed by atoms with van der Waals surface area (Å²) in [6, 6.07) is 26.4. The van der Waals surface area contributed by atoms with Crippen LogP contribution in [0.25, 0.3) is 11.8 Å².